The third-order valence-corrected chi connectivity index (χ3v) is 4.52. The number of ether oxygens (including phenoxy) is 1. The summed E-state index contributed by atoms with van der Waals surface area (Å²) in [4.78, 5) is 24.4. The summed E-state index contributed by atoms with van der Waals surface area (Å²) < 4.78 is 47.0. The lowest BCUT2D eigenvalue weighted by Gasteiger charge is -2.16. The van der Waals surface area contributed by atoms with E-state index in [-0.39, 0.29) is 29.7 Å². The number of carbonyl (C=O) groups excluding carboxylic acids is 1. The topological polar surface area (TPSA) is 92.8 Å². The maximum atomic E-state index is 14.1. The van der Waals surface area contributed by atoms with E-state index in [2.05, 4.69) is 15.3 Å². The Morgan fingerprint density at radius 2 is 1.93 bits per heavy atom. The number of rotatable bonds is 6. The summed E-state index contributed by atoms with van der Waals surface area (Å²) in [6.07, 6.45) is 1.13. The molecule has 0 aliphatic heterocycles. The molecule has 3 rings (SSSR count). The van der Waals surface area contributed by atoms with E-state index in [9.17, 15) is 22.8 Å². The Labute approximate surface area is 157 Å². The fraction of sp³-hybridized carbons (Fsp3) is 0.278. The summed E-state index contributed by atoms with van der Waals surface area (Å²) in [5.74, 6) is -4.75. The van der Waals surface area contributed by atoms with Crippen molar-refractivity contribution in [2.24, 2.45) is 7.05 Å². The Bertz CT molecular complexity index is 1070. The van der Waals surface area contributed by atoms with Crippen LogP contribution in [0, 0.1) is 17.5 Å². The van der Waals surface area contributed by atoms with Crippen LogP contribution in [0.2, 0.25) is 0 Å². The third kappa shape index (κ3) is 3.71. The van der Waals surface area contributed by atoms with Crippen molar-refractivity contribution in [3.63, 3.8) is 0 Å². The van der Waals surface area contributed by atoms with E-state index < -0.39 is 34.9 Å². The van der Waals surface area contributed by atoms with Gasteiger partial charge in [-0.15, -0.1) is 0 Å². The molecule has 0 spiro atoms. The average Bonchev–Trinajstić information content (AvgIpc) is 3.23. The van der Waals surface area contributed by atoms with E-state index in [0.29, 0.717) is 11.8 Å². The molecule has 0 aliphatic carbocycles. The Balaban J connectivity index is 2.07. The molecule has 0 aliphatic rings. The molecule has 0 amide bonds. The van der Waals surface area contributed by atoms with Gasteiger partial charge < -0.3 is 9.84 Å². The fourth-order valence-corrected chi connectivity index (χ4v) is 3.13. The van der Waals surface area contributed by atoms with E-state index in [1.165, 1.54) is 18.0 Å². The van der Waals surface area contributed by atoms with Gasteiger partial charge >= 0.3 is 5.97 Å². The first kappa shape index (κ1) is 19.5. The summed E-state index contributed by atoms with van der Waals surface area (Å²) in [5.41, 5.74) is 0.302. The van der Waals surface area contributed by atoms with Crippen molar-refractivity contribution in [3.8, 4) is 0 Å². The second kappa shape index (κ2) is 7.75. The lowest BCUT2D eigenvalue weighted by Crippen LogP contribution is -2.20. The Hall–Kier alpha value is -3.30. The SMILES string of the molecule is COC(=O)C[C@@H](c1c(Cc2cc(F)c(F)cc2F)[nH][nH]c1=O)c1ccnn1C. The molecule has 28 heavy (non-hydrogen) atoms. The molecule has 148 valence electrons. The molecule has 0 bridgehead atoms. The number of aryl methyl sites for hydroxylation is 1. The number of aromatic nitrogens is 4. The number of hydrogen-bond acceptors (Lipinski definition) is 4. The van der Waals surface area contributed by atoms with Crippen LogP contribution in [0.1, 0.15) is 34.9 Å². The quantitative estimate of drug-likeness (QED) is 0.495. The van der Waals surface area contributed by atoms with Crippen molar-refractivity contribution in [2.45, 2.75) is 18.8 Å². The highest BCUT2D eigenvalue weighted by Crippen LogP contribution is 2.29. The van der Waals surface area contributed by atoms with Crippen LogP contribution in [0.4, 0.5) is 13.2 Å². The first-order valence-corrected chi connectivity index (χ1v) is 8.29. The lowest BCUT2D eigenvalue weighted by atomic mass is 9.90. The molecular weight excluding hydrogens is 377 g/mol. The van der Waals surface area contributed by atoms with Crippen LogP contribution in [-0.4, -0.2) is 33.1 Å². The van der Waals surface area contributed by atoms with Crippen molar-refractivity contribution < 1.29 is 22.7 Å². The highest BCUT2D eigenvalue weighted by Gasteiger charge is 2.28. The first-order chi connectivity index (χ1) is 13.3. The maximum absolute atomic E-state index is 14.1. The van der Waals surface area contributed by atoms with Crippen LogP contribution in [0.5, 0.6) is 0 Å². The zero-order valence-corrected chi connectivity index (χ0v) is 15.1. The normalized spacial score (nSPS) is 12.2. The van der Waals surface area contributed by atoms with E-state index in [0.717, 1.165) is 6.07 Å². The van der Waals surface area contributed by atoms with Gasteiger partial charge in [-0.05, 0) is 17.7 Å². The molecule has 2 aromatic heterocycles. The molecule has 0 radical (unpaired) electrons. The molecular formula is C18H17F3N4O3. The lowest BCUT2D eigenvalue weighted by molar-refractivity contribution is -0.140. The van der Waals surface area contributed by atoms with Gasteiger partial charge in [-0.2, -0.15) is 5.10 Å². The molecule has 2 heterocycles. The summed E-state index contributed by atoms with van der Waals surface area (Å²) in [7, 11) is 2.87. The second-order valence-electron chi connectivity index (χ2n) is 6.22. The fourth-order valence-electron chi connectivity index (χ4n) is 3.13. The number of nitrogens with zero attached hydrogens (tertiary/aromatic N) is 2. The number of methoxy groups -OCH3 is 1. The van der Waals surface area contributed by atoms with Gasteiger partial charge in [0.05, 0.1) is 13.5 Å². The summed E-state index contributed by atoms with van der Waals surface area (Å²) >= 11 is 0. The van der Waals surface area contributed by atoms with Crippen LogP contribution in [-0.2, 0) is 23.0 Å². The maximum Gasteiger partial charge on any atom is 0.306 e. The van der Waals surface area contributed by atoms with Crippen molar-refractivity contribution in [1.29, 1.82) is 0 Å². The van der Waals surface area contributed by atoms with Gasteiger partial charge in [0.2, 0.25) is 0 Å². The molecule has 1 aromatic carbocycles. The zero-order valence-electron chi connectivity index (χ0n) is 15.1. The van der Waals surface area contributed by atoms with Crippen molar-refractivity contribution in [2.75, 3.05) is 7.11 Å². The van der Waals surface area contributed by atoms with Crippen LogP contribution in [0.15, 0.2) is 29.2 Å². The molecule has 0 saturated heterocycles. The monoisotopic (exact) mass is 394 g/mol. The number of benzene rings is 1. The smallest absolute Gasteiger partial charge is 0.306 e. The molecule has 1 atom stereocenters. The van der Waals surface area contributed by atoms with Crippen molar-refractivity contribution in [1.82, 2.24) is 20.0 Å². The highest BCUT2D eigenvalue weighted by atomic mass is 19.2. The number of nitrogens with one attached hydrogen (secondary N) is 2. The van der Waals surface area contributed by atoms with Crippen LogP contribution < -0.4 is 5.56 Å². The molecule has 2 N–H and O–H groups in total. The largest absolute Gasteiger partial charge is 0.469 e. The predicted octanol–water partition coefficient (Wildman–Crippen LogP) is 2.14. The number of esters is 1. The number of H-pyrrole nitrogens is 2. The van der Waals surface area contributed by atoms with Gasteiger partial charge in [-0.3, -0.25) is 19.4 Å². The third-order valence-electron chi connectivity index (χ3n) is 4.52. The minimum Gasteiger partial charge on any atom is -0.469 e. The Morgan fingerprint density at radius 3 is 2.57 bits per heavy atom. The minimum atomic E-state index is -1.30. The highest BCUT2D eigenvalue weighted by molar-refractivity contribution is 5.71. The van der Waals surface area contributed by atoms with Gasteiger partial charge in [-0.25, -0.2) is 13.2 Å². The van der Waals surface area contributed by atoms with Crippen molar-refractivity contribution in [3.05, 3.63) is 74.7 Å². The van der Waals surface area contributed by atoms with E-state index >= 15 is 0 Å². The number of carbonyl (C=O) groups is 1. The second-order valence-corrected chi connectivity index (χ2v) is 6.22. The summed E-state index contributed by atoms with van der Waals surface area (Å²) in [6, 6.07) is 2.82. The molecule has 0 unspecified atom stereocenters. The van der Waals surface area contributed by atoms with Crippen LogP contribution >= 0.6 is 0 Å². The van der Waals surface area contributed by atoms with E-state index in [1.54, 1.807) is 13.1 Å². The predicted molar refractivity (Wildman–Crippen MR) is 92.2 cm³/mol. The number of aromatic amines is 2. The van der Waals surface area contributed by atoms with Gasteiger partial charge in [0, 0.05) is 48.6 Å². The Kier molecular flexibility index (Phi) is 5.39. The van der Waals surface area contributed by atoms with Crippen molar-refractivity contribution >= 4 is 5.97 Å². The van der Waals surface area contributed by atoms with Gasteiger partial charge in [-0.1, -0.05) is 0 Å². The molecule has 0 fully saturated rings. The molecule has 3 aromatic rings. The van der Waals surface area contributed by atoms with Gasteiger partial charge in [0.25, 0.3) is 5.56 Å². The van der Waals surface area contributed by atoms with Crippen LogP contribution in [0.25, 0.3) is 0 Å². The Morgan fingerprint density at radius 1 is 1.21 bits per heavy atom. The van der Waals surface area contributed by atoms with E-state index in [1.807, 2.05) is 0 Å². The number of hydrogen-bond donors (Lipinski definition) is 2. The molecule has 10 heteroatoms. The molecule has 0 saturated carbocycles. The average molecular weight is 394 g/mol. The summed E-state index contributed by atoms with van der Waals surface area (Å²) in [6.45, 7) is 0. The molecule has 7 nitrogen and oxygen atoms in total. The minimum absolute atomic E-state index is 0.141. The summed E-state index contributed by atoms with van der Waals surface area (Å²) in [5, 5.41) is 9.09. The van der Waals surface area contributed by atoms with Gasteiger partial charge in [0.15, 0.2) is 11.6 Å². The number of halogens is 3. The standard InChI is InChI=1S/C18H17F3N4O3/c1-25-15(3-4-22-25)10(7-16(26)28-2)17-14(23-24-18(17)27)6-9-5-12(20)13(21)8-11(9)19/h3-5,8,10H,6-7H2,1-2H3,(H2,23,24,27)/t10-/m1/s1. The zero-order chi connectivity index (χ0) is 20.4. The van der Waals surface area contributed by atoms with Gasteiger partial charge in [0.1, 0.15) is 5.82 Å². The van der Waals surface area contributed by atoms with E-state index in [4.69, 9.17) is 4.74 Å². The first-order valence-electron chi connectivity index (χ1n) is 8.29. The van der Waals surface area contributed by atoms with Crippen LogP contribution in [0.3, 0.4) is 0 Å².